The summed E-state index contributed by atoms with van der Waals surface area (Å²) >= 11 is 0. The van der Waals surface area contributed by atoms with Crippen LogP contribution < -0.4 is 10.1 Å². The maximum absolute atomic E-state index is 12.4. The van der Waals surface area contributed by atoms with Crippen molar-refractivity contribution in [3.05, 3.63) is 23.8 Å². The van der Waals surface area contributed by atoms with E-state index in [-0.39, 0.29) is 12.0 Å². The largest absolute Gasteiger partial charge is 0.490 e. The SMILES string of the molecule is CCO[C@@](C)(CC)C(=O)Nc1ccc(O[C@H](C)CC)c(C)c1. The van der Waals surface area contributed by atoms with Crippen molar-refractivity contribution in [3.63, 3.8) is 0 Å². The molecule has 1 aromatic carbocycles. The first-order chi connectivity index (χ1) is 10.4. The van der Waals surface area contributed by atoms with E-state index in [4.69, 9.17) is 9.47 Å². The number of rotatable bonds is 8. The number of nitrogens with one attached hydrogen (secondary N) is 1. The zero-order valence-electron chi connectivity index (χ0n) is 14.7. The third kappa shape index (κ3) is 4.73. The van der Waals surface area contributed by atoms with Gasteiger partial charge in [-0.1, -0.05) is 13.8 Å². The Bertz CT molecular complexity index is 501. The minimum atomic E-state index is -0.797. The smallest absolute Gasteiger partial charge is 0.256 e. The van der Waals surface area contributed by atoms with Gasteiger partial charge in [-0.15, -0.1) is 0 Å². The molecule has 0 saturated carbocycles. The van der Waals surface area contributed by atoms with E-state index in [1.807, 2.05) is 52.8 Å². The van der Waals surface area contributed by atoms with Gasteiger partial charge in [0.1, 0.15) is 11.4 Å². The first-order valence-corrected chi connectivity index (χ1v) is 8.09. The van der Waals surface area contributed by atoms with Gasteiger partial charge < -0.3 is 14.8 Å². The second-order valence-corrected chi connectivity index (χ2v) is 5.79. The van der Waals surface area contributed by atoms with Crippen LogP contribution in [-0.4, -0.2) is 24.2 Å². The highest BCUT2D eigenvalue weighted by atomic mass is 16.5. The molecule has 1 rings (SSSR count). The predicted octanol–water partition coefficient (Wildman–Crippen LogP) is 4.32. The fourth-order valence-corrected chi connectivity index (χ4v) is 2.07. The van der Waals surface area contributed by atoms with Crippen LogP contribution in [0.15, 0.2) is 18.2 Å². The fourth-order valence-electron chi connectivity index (χ4n) is 2.07. The predicted molar refractivity (Wildman–Crippen MR) is 90.5 cm³/mol. The zero-order valence-corrected chi connectivity index (χ0v) is 14.7. The second-order valence-electron chi connectivity index (χ2n) is 5.79. The van der Waals surface area contributed by atoms with Crippen molar-refractivity contribution in [2.75, 3.05) is 11.9 Å². The molecule has 0 radical (unpaired) electrons. The summed E-state index contributed by atoms with van der Waals surface area (Å²) in [5, 5.41) is 2.93. The van der Waals surface area contributed by atoms with Crippen LogP contribution in [0.4, 0.5) is 5.69 Å². The summed E-state index contributed by atoms with van der Waals surface area (Å²) in [7, 11) is 0. The summed E-state index contributed by atoms with van der Waals surface area (Å²) in [5.74, 6) is 0.738. The van der Waals surface area contributed by atoms with E-state index in [9.17, 15) is 4.79 Å². The van der Waals surface area contributed by atoms with Gasteiger partial charge in [-0.2, -0.15) is 0 Å². The standard InChI is InChI=1S/C18H29NO3/c1-7-14(5)22-16-11-10-15(12-13(16)4)19-17(20)18(6,8-2)21-9-3/h10-12,14H,7-9H2,1-6H3,(H,19,20)/t14-,18+/m1/s1. The van der Waals surface area contributed by atoms with E-state index >= 15 is 0 Å². The van der Waals surface area contributed by atoms with Gasteiger partial charge in [0.15, 0.2) is 0 Å². The van der Waals surface area contributed by atoms with E-state index in [2.05, 4.69) is 12.2 Å². The van der Waals surface area contributed by atoms with Crippen LogP contribution in [0, 0.1) is 6.92 Å². The van der Waals surface area contributed by atoms with Gasteiger partial charge in [0.2, 0.25) is 0 Å². The van der Waals surface area contributed by atoms with Crippen LogP contribution in [-0.2, 0) is 9.53 Å². The van der Waals surface area contributed by atoms with Crippen molar-refractivity contribution in [3.8, 4) is 5.75 Å². The monoisotopic (exact) mass is 307 g/mol. The summed E-state index contributed by atoms with van der Waals surface area (Å²) in [6.45, 7) is 12.3. The summed E-state index contributed by atoms with van der Waals surface area (Å²) in [6.07, 6.45) is 1.77. The van der Waals surface area contributed by atoms with Crippen molar-refractivity contribution in [2.45, 2.75) is 66.1 Å². The maximum Gasteiger partial charge on any atom is 0.256 e. The molecule has 0 heterocycles. The highest BCUT2D eigenvalue weighted by molar-refractivity contribution is 5.97. The molecule has 0 aliphatic heterocycles. The first kappa shape index (κ1) is 18.5. The number of benzene rings is 1. The normalized spacial score (nSPS) is 15.0. The van der Waals surface area contributed by atoms with Crippen molar-refractivity contribution < 1.29 is 14.3 Å². The number of carbonyl (C=O) groups excluding carboxylic acids is 1. The first-order valence-electron chi connectivity index (χ1n) is 8.09. The minimum absolute atomic E-state index is 0.119. The Hall–Kier alpha value is -1.55. The lowest BCUT2D eigenvalue weighted by atomic mass is 10.0. The number of aryl methyl sites for hydroxylation is 1. The molecule has 0 spiro atoms. The molecular weight excluding hydrogens is 278 g/mol. The van der Waals surface area contributed by atoms with E-state index in [1.165, 1.54) is 0 Å². The van der Waals surface area contributed by atoms with Gasteiger partial charge in [-0.3, -0.25) is 4.79 Å². The van der Waals surface area contributed by atoms with Crippen LogP contribution in [0.25, 0.3) is 0 Å². The lowest BCUT2D eigenvalue weighted by Crippen LogP contribution is -2.42. The van der Waals surface area contributed by atoms with E-state index in [0.29, 0.717) is 13.0 Å². The molecule has 0 bridgehead atoms. The van der Waals surface area contributed by atoms with Gasteiger partial charge in [0, 0.05) is 12.3 Å². The third-order valence-corrected chi connectivity index (χ3v) is 3.95. The molecule has 0 fully saturated rings. The van der Waals surface area contributed by atoms with Crippen molar-refractivity contribution >= 4 is 11.6 Å². The number of amides is 1. The number of hydrogen-bond donors (Lipinski definition) is 1. The quantitative estimate of drug-likeness (QED) is 0.778. The number of carbonyl (C=O) groups is 1. The van der Waals surface area contributed by atoms with Crippen LogP contribution in [0.5, 0.6) is 5.75 Å². The van der Waals surface area contributed by atoms with Crippen molar-refractivity contribution in [1.29, 1.82) is 0 Å². The lowest BCUT2D eigenvalue weighted by Gasteiger charge is -2.27. The second kappa shape index (κ2) is 8.18. The molecule has 4 heteroatoms. The van der Waals surface area contributed by atoms with E-state index in [0.717, 1.165) is 23.4 Å². The van der Waals surface area contributed by atoms with Crippen LogP contribution in [0.2, 0.25) is 0 Å². The molecular formula is C18H29NO3. The van der Waals surface area contributed by atoms with Gasteiger partial charge in [0.05, 0.1) is 6.10 Å². The highest BCUT2D eigenvalue weighted by Crippen LogP contribution is 2.25. The topological polar surface area (TPSA) is 47.6 Å². The molecule has 0 aliphatic rings. The lowest BCUT2D eigenvalue weighted by molar-refractivity contribution is -0.139. The third-order valence-electron chi connectivity index (χ3n) is 3.95. The molecule has 4 nitrogen and oxygen atoms in total. The van der Waals surface area contributed by atoms with Gasteiger partial charge in [-0.25, -0.2) is 0 Å². The molecule has 1 aromatic rings. The Labute approximate surface area is 134 Å². The van der Waals surface area contributed by atoms with Crippen molar-refractivity contribution in [2.24, 2.45) is 0 Å². The van der Waals surface area contributed by atoms with Gasteiger partial charge in [-0.05, 0) is 64.3 Å². The summed E-state index contributed by atoms with van der Waals surface area (Å²) < 4.78 is 11.4. The average Bonchev–Trinajstić information content (AvgIpc) is 2.49. The summed E-state index contributed by atoms with van der Waals surface area (Å²) in [4.78, 5) is 12.4. The highest BCUT2D eigenvalue weighted by Gasteiger charge is 2.31. The molecule has 22 heavy (non-hydrogen) atoms. The van der Waals surface area contributed by atoms with Gasteiger partial charge in [0.25, 0.3) is 5.91 Å². The number of anilines is 1. The molecule has 1 N–H and O–H groups in total. The van der Waals surface area contributed by atoms with E-state index < -0.39 is 5.60 Å². The molecule has 0 saturated heterocycles. The Balaban J connectivity index is 2.82. The molecule has 0 unspecified atom stereocenters. The molecule has 0 aliphatic carbocycles. The molecule has 2 atom stereocenters. The van der Waals surface area contributed by atoms with Crippen LogP contribution >= 0.6 is 0 Å². The zero-order chi connectivity index (χ0) is 16.8. The Morgan fingerprint density at radius 3 is 2.50 bits per heavy atom. The van der Waals surface area contributed by atoms with Crippen LogP contribution in [0.3, 0.4) is 0 Å². The summed E-state index contributed by atoms with van der Waals surface area (Å²) in [5.41, 5.74) is 0.972. The number of ether oxygens (including phenoxy) is 2. The Morgan fingerprint density at radius 1 is 1.32 bits per heavy atom. The van der Waals surface area contributed by atoms with Gasteiger partial charge >= 0.3 is 0 Å². The minimum Gasteiger partial charge on any atom is -0.490 e. The molecule has 1 amide bonds. The average molecular weight is 307 g/mol. The van der Waals surface area contributed by atoms with Crippen molar-refractivity contribution in [1.82, 2.24) is 0 Å². The fraction of sp³-hybridized carbons (Fsp3) is 0.611. The Kier molecular flexibility index (Phi) is 6.88. The van der Waals surface area contributed by atoms with Crippen LogP contribution in [0.1, 0.15) is 53.0 Å². The Morgan fingerprint density at radius 2 is 2.00 bits per heavy atom. The molecule has 124 valence electrons. The van der Waals surface area contributed by atoms with E-state index in [1.54, 1.807) is 0 Å². The maximum atomic E-state index is 12.4. The summed E-state index contributed by atoms with van der Waals surface area (Å²) in [6, 6.07) is 5.70. The molecule has 0 aromatic heterocycles. The number of hydrogen-bond acceptors (Lipinski definition) is 3.